The predicted molar refractivity (Wildman–Crippen MR) is 77.7 cm³/mol. The fourth-order valence-corrected chi connectivity index (χ4v) is 2.00. The first-order valence-corrected chi connectivity index (χ1v) is 7.03. The highest BCUT2D eigenvalue weighted by Gasteiger charge is 2.11. The number of amides is 1. The molecule has 3 nitrogen and oxygen atoms in total. The van der Waals surface area contributed by atoms with Crippen molar-refractivity contribution in [3.63, 3.8) is 0 Å². The van der Waals surface area contributed by atoms with Crippen LogP contribution >= 0.6 is 15.9 Å². The number of methoxy groups -OCH3 is 1. The van der Waals surface area contributed by atoms with Gasteiger partial charge in [-0.3, -0.25) is 4.79 Å². The number of benzene rings is 1. The molecule has 18 heavy (non-hydrogen) atoms. The molecule has 0 radical (unpaired) electrons. The van der Waals surface area contributed by atoms with Crippen molar-refractivity contribution in [1.29, 1.82) is 0 Å². The minimum Gasteiger partial charge on any atom is -0.496 e. The standard InChI is InChI=1S/C14H20BrNO2/c1-10-6-7-13(18-3)12(9-10)14(17)16-8-4-5-11(2)15/h6-7,9,11H,4-5,8H2,1-3H3,(H,16,17). The first-order chi connectivity index (χ1) is 8.54. The molecule has 1 aromatic carbocycles. The van der Waals surface area contributed by atoms with E-state index in [0.29, 0.717) is 22.7 Å². The van der Waals surface area contributed by atoms with Crippen molar-refractivity contribution < 1.29 is 9.53 Å². The van der Waals surface area contributed by atoms with Gasteiger partial charge in [-0.25, -0.2) is 0 Å². The van der Waals surface area contributed by atoms with Gasteiger partial charge in [0.15, 0.2) is 0 Å². The molecule has 1 amide bonds. The van der Waals surface area contributed by atoms with E-state index in [9.17, 15) is 4.79 Å². The van der Waals surface area contributed by atoms with Crippen LogP contribution in [-0.2, 0) is 0 Å². The Bertz CT molecular complexity index is 405. The molecule has 1 N–H and O–H groups in total. The largest absolute Gasteiger partial charge is 0.496 e. The van der Waals surface area contributed by atoms with E-state index >= 15 is 0 Å². The van der Waals surface area contributed by atoms with E-state index in [4.69, 9.17) is 4.74 Å². The maximum Gasteiger partial charge on any atom is 0.255 e. The lowest BCUT2D eigenvalue weighted by Gasteiger charge is -2.10. The Kier molecular flexibility index (Phi) is 6.19. The van der Waals surface area contributed by atoms with Gasteiger partial charge in [-0.1, -0.05) is 34.5 Å². The van der Waals surface area contributed by atoms with E-state index < -0.39 is 0 Å². The maximum atomic E-state index is 12.0. The molecule has 0 aliphatic heterocycles. The molecule has 1 aromatic rings. The Labute approximate surface area is 117 Å². The fraction of sp³-hybridized carbons (Fsp3) is 0.500. The van der Waals surface area contributed by atoms with Crippen molar-refractivity contribution in [2.75, 3.05) is 13.7 Å². The molecule has 0 saturated carbocycles. The average Bonchev–Trinajstić information content (AvgIpc) is 2.34. The van der Waals surface area contributed by atoms with Gasteiger partial charge in [0, 0.05) is 11.4 Å². The lowest BCUT2D eigenvalue weighted by atomic mass is 10.1. The molecule has 0 fully saturated rings. The molecule has 0 aliphatic rings. The minimum absolute atomic E-state index is 0.0715. The van der Waals surface area contributed by atoms with Crippen molar-refractivity contribution in [3.8, 4) is 5.75 Å². The molecular weight excluding hydrogens is 294 g/mol. The molecule has 0 bridgehead atoms. The Morgan fingerprint density at radius 2 is 2.22 bits per heavy atom. The van der Waals surface area contributed by atoms with Crippen LogP contribution in [0.1, 0.15) is 35.7 Å². The van der Waals surface area contributed by atoms with E-state index in [-0.39, 0.29) is 5.91 Å². The van der Waals surface area contributed by atoms with Crippen LogP contribution in [-0.4, -0.2) is 24.4 Å². The molecule has 0 aliphatic carbocycles. The summed E-state index contributed by atoms with van der Waals surface area (Å²) in [5.74, 6) is 0.546. The molecule has 0 saturated heterocycles. The molecule has 0 aromatic heterocycles. The summed E-state index contributed by atoms with van der Waals surface area (Å²) in [4.78, 5) is 12.5. The number of rotatable bonds is 6. The first kappa shape index (κ1) is 15.0. The molecule has 0 heterocycles. The normalized spacial score (nSPS) is 12.0. The molecule has 4 heteroatoms. The molecule has 1 unspecified atom stereocenters. The average molecular weight is 314 g/mol. The number of alkyl halides is 1. The number of carbonyl (C=O) groups is 1. The number of halogens is 1. The van der Waals surface area contributed by atoms with E-state index in [1.165, 1.54) is 0 Å². The highest BCUT2D eigenvalue weighted by atomic mass is 79.9. The van der Waals surface area contributed by atoms with Gasteiger partial charge in [-0.05, 0) is 31.9 Å². The third-order valence-corrected chi connectivity index (χ3v) is 3.12. The van der Waals surface area contributed by atoms with Crippen LogP contribution in [0.2, 0.25) is 0 Å². The van der Waals surface area contributed by atoms with Crippen LogP contribution in [0.4, 0.5) is 0 Å². The van der Waals surface area contributed by atoms with Gasteiger partial charge in [-0.2, -0.15) is 0 Å². The second kappa shape index (κ2) is 7.41. The number of carbonyl (C=O) groups excluding carboxylic acids is 1. The highest BCUT2D eigenvalue weighted by Crippen LogP contribution is 2.19. The highest BCUT2D eigenvalue weighted by molar-refractivity contribution is 9.09. The third kappa shape index (κ3) is 4.69. The third-order valence-electron chi connectivity index (χ3n) is 2.66. The number of hydrogen-bond donors (Lipinski definition) is 1. The van der Waals surface area contributed by atoms with E-state index in [1.54, 1.807) is 7.11 Å². The van der Waals surface area contributed by atoms with Crippen LogP contribution in [0.3, 0.4) is 0 Å². The van der Waals surface area contributed by atoms with Crippen molar-refractivity contribution in [2.45, 2.75) is 31.5 Å². The van der Waals surface area contributed by atoms with Crippen LogP contribution in [0.5, 0.6) is 5.75 Å². The van der Waals surface area contributed by atoms with Gasteiger partial charge in [0.25, 0.3) is 5.91 Å². The zero-order valence-corrected chi connectivity index (χ0v) is 12.7. The lowest BCUT2D eigenvalue weighted by Crippen LogP contribution is -2.25. The van der Waals surface area contributed by atoms with E-state index in [1.807, 2.05) is 25.1 Å². The van der Waals surface area contributed by atoms with Crippen LogP contribution in [0, 0.1) is 6.92 Å². The van der Waals surface area contributed by atoms with Gasteiger partial charge >= 0.3 is 0 Å². The van der Waals surface area contributed by atoms with Gasteiger partial charge < -0.3 is 10.1 Å². The molecule has 1 rings (SSSR count). The van der Waals surface area contributed by atoms with E-state index in [0.717, 1.165) is 18.4 Å². The van der Waals surface area contributed by atoms with E-state index in [2.05, 4.69) is 28.2 Å². The summed E-state index contributed by atoms with van der Waals surface area (Å²) in [6, 6.07) is 5.61. The zero-order chi connectivity index (χ0) is 13.5. The van der Waals surface area contributed by atoms with Gasteiger partial charge in [0.1, 0.15) is 5.75 Å². The number of aryl methyl sites for hydroxylation is 1. The lowest BCUT2D eigenvalue weighted by molar-refractivity contribution is 0.0950. The quantitative estimate of drug-likeness (QED) is 0.646. The minimum atomic E-state index is -0.0715. The maximum absolute atomic E-state index is 12.0. The Morgan fingerprint density at radius 3 is 2.83 bits per heavy atom. The first-order valence-electron chi connectivity index (χ1n) is 6.11. The van der Waals surface area contributed by atoms with Crippen molar-refractivity contribution in [3.05, 3.63) is 29.3 Å². The summed E-state index contributed by atoms with van der Waals surface area (Å²) in [6.45, 7) is 4.75. The number of hydrogen-bond acceptors (Lipinski definition) is 2. The summed E-state index contributed by atoms with van der Waals surface area (Å²) >= 11 is 3.49. The zero-order valence-electron chi connectivity index (χ0n) is 11.1. The summed E-state index contributed by atoms with van der Waals surface area (Å²) in [6.07, 6.45) is 2.01. The van der Waals surface area contributed by atoms with Gasteiger partial charge in [0.2, 0.25) is 0 Å². The SMILES string of the molecule is COc1ccc(C)cc1C(=O)NCCCC(C)Br. The smallest absolute Gasteiger partial charge is 0.255 e. The summed E-state index contributed by atoms with van der Waals surface area (Å²) in [5.41, 5.74) is 1.65. The Balaban J connectivity index is 2.58. The Morgan fingerprint density at radius 1 is 1.50 bits per heavy atom. The summed E-state index contributed by atoms with van der Waals surface area (Å²) in [7, 11) is 1.58. The van der Waals surface area contributed by atoms with Crippen LogP contribution in [0.15, 0.2) is 18.2 Å². The summed E-state index contributed by atoms with van der Waals surface area (Å²) < 4.78 is 5.20. The number of ether oxygens (including phenoxy) is 1. The van der Waals surface area contributed by atoms with Gasteiger partial charge in [0.05, 0.1) is 12.7 Å². The predicted octanol–water partition coefficient (Wildman–Crippen LogP) is 3.30. The molecule has 1 atom stereocenters. The van der Waals surface area contributed by atoms with Gasteiger partial charge in [-0.15, -0.1) is 0 Å². The molecular formula is C14H20BrNO2. The van der Waals surface area contributed by atoms with Crippen molar-refractivity contribution in [1.82, 2.24) is 5.32 Å². The van der Waals surface area contributed by atoms with Crippen molar-refractivity contribution in [2.24, 2.45) is 0 Å². The van der Waals surface area contributed by atoms with Crippen molar-refractivity contribution >= 4 is 21.8 Å². The monoisotopic (exact) mass is 313 g/mol. The molecule has 100 valence electrons. The fourth-order valence-electron chi connectivity index (χ4n) is 1.68. The topological polar surface area (TPSA) is 38.3 Å². The van der Waals surface area contributed by atoms with Crippen LogP contribution in [0.25, 0.3) is 0 Å². The second-order valence-electron chi connectivity index (χ2n) is 4.38. The molecule has 0 spiro atoms. The second-order valence-corrected chi connectivity index (χ2v) is 5.95. The number of nitrogens with one attached hydrogen (secondary N) is 1. The van der Waals surface area contributed by atoms with Crippen LogP contribution < -0.4 is 10.1 Å². The Hall–Kier alpha value is -1.03. The summed E-state index contributed by atoms with van der Waals surface area (Å²) in [5, 5.41) is 2.92.